The Kier molecular flexibility index (Phi) is 2.33. The maximum absolute atomic E-state index is 13.5. The van der Waals surface area contributed by atoms with E-state index in [-0.39, 0.29) is 17.0 Å². The van der Waals surface area contributed by atoms with Crippen molar-refractivity contribution < 1.29 is 18.7 Å². The van der Waals surface area contributed by atoms with Crippen molar-refractivity contribution in [2.75, 3.05) is 0 Å². The average molecular weight is 227 g/mol. The van der Waals surface area contributed by atoms with Crippen molar-refractivity contribution in [1.82, 2.24) is 0 Å². The van der Waals surface area contributed by atoms with Gasteiger partial charge in [0.2, 0.25) is 0 Å². The van der Waals surface area contributed by atoms with E-state index in [1.807, 2.05) is 0 Å². The summed E-state index contributed by atoms with van der Waals surface area (Å²) >= 11 is 0. The molecule has 2 rings (SSSR count). The van der Waals surface area contributed by atoms with Crippen LogP contribution in [0.3, 0.4) is 0 Å². The first-order chi connectivity index (χ1) is 7.43. The Morgan fingerprint density at radius 3 is 2.69 bits per heavy atom. The molecule has 0 aliphatic carbocycles. The number of nitrogens with zero attached hydrogens (tertiary/aromatic N) is 1. The molecule has 0 amide bonds. The zero-order chi connectivity index (χ0) is 11.9. The van der Waals surface area contributed by atoms with E-state index in [0.29, 0.717) is 6.42 Å². The molecule has 0 bridgehead atoms. The van der Waals surface area contributed by atoms with E-state index >= 15 is 0 Å². The predicted octanol–water partition coefficient (Wildman–Crippen LogP) is 2.70. The first-order valence-electron chi connectivity index (χ1n) is 4.82. The number of hydrogen-bond donors (Lipinski definition) is 1. The Labute approximate surface area is 91.3 Å². The monoisotopic (exact) mass is 227 g/mol. The van der Waals surface area contributed by atoms with Gasteiger partial charge in [0, 0.05) is 18.1 Å². The van der Waals surface area contributed by atoms with Crippen LogP contribution in [0.15, 0.2) is 17.3 Å². The summed E-state index contributed by atoms with van der Waals surface area (Å²) in [5, 5.41) is 11.9. The summed E-state index contributed by atoms with van der Waals surface area (Å²) in [7, 11) is 0. The Balaban J connectivity index is 2.64. The second-order valence-electron chi connectivity index (χ2n) is 4.35. The van der Waals surface area contributed by atoms with Crippen LogP contribution in [0, 0.1) is 11.6 Å². The van der Waals surface area contributed by atoms with Crippen LogP contribution < -0.4 is 4.74 Å². The third-order valence-corrected chi connectivity index (χ3v) is 2.41. The molecule has 1 N–H and O–H groups in total. The number of rotatable bonds is 0. The fraction of sp³-hybridized carbons (Fsp3) is 0.364. The first kappa shape index (κ1) is 10.9. The van der Waals surface area contributed by atoms with Gasteiger partial charge in [-0.3, -0.25) is 0 Å². The summed E-state index contributed by atoms with van der Waals surface area (Å²) in [5.74, 6) is -1.57. The van der Waals surface area contributed by atoms with Gasteiger partial charge in [-0.2, -0.15) is 0 Å². The smallest absolute Gasteiger partial charge is 0.168 e. The molecule has 5 heteroatoms. The number of oxime groups is 1. The van der Waals surface area contributed by atoms with Gasteiger partial charge in [-0.15, -0.1) is 0 Å². The third kappa shape index (κ3) is 1.73. The molecular weight excluding hydrogens is 216 g/mol. The molecule has 16 heavy (non-hydrogen) atoms. The van der Waals surface area contributed by atoms with E-state index < -0.39 is 17.2 Å². The van der Waals surface area contributed by atoms with E-state index in [1.54, 1.807) is 13.8 Å². The van der Waals surface area contributed by atoms with E-state index in [0.717, 1.165) is 12.1 Å². The molecule has 0 radical (unpaired) electrons. The molecule has 1 heterocycles. The zero-order valence-electron chi connectivity index (χ0n) is 8.92. The highest BCUT2D eigenvalue weighted by atomic mass is 19.1. The number of ether oxygens (including phenoxy) is 1. The van der Waals surface area contributed by atoms with Gasteiger partial charge in [-0.25, -0.2) is 8.78 Å². The molecule has 0 unspecified atom stereocenters. The van der Waals surface area contributed by atoms with Crippen LogP contribution in [0.5, 0.6) is 5.75 Å². The van der Waals surface area contributed by atoms with Gasteiger partial charge in [0.05, 0.1) is 5.71 Å². The SMILES string of the molecule is CC1(C)CC(=NO)c2cc(F)cc(F)c2O1. The van der Waals surface area contributed by atoms with Gasteiger partial charge < -0.3 is 9.94 Å². The lowest BCUT2D eigenvalue weighted by atomic mass is 9.92. The van der Waals surface area contributed by atoms with Crippen molar-refractivity contribution in [1.29, 1.82) is 0 Å². The number of benzene rings is 1. The summed E-state index contributed by atoms with van der Waals surface area (Å²) < 4.78 is 31.9. The van der Waals surface area contributed by atoms with Crippen LogP contribution in [-0.4, -0.2) is 16.5 Å². The Morgan fingerprint density at radius 1 is 1.38 bits per heavy atom. The van der Waals surface area contributed by atoms with Gasteiger partial charge in [-0.05, 0) is 19.9 Å². The highest BCUT2D eigenvalue weighted by molar-refractivity contribution is 6.04. The lowest BCUT2D eigenvalue weighted by Gasteiger charge is -2.32. The molecule has 0 aromatic heterocycles. The Hall–Kier alpha value is -1.65. The van der Waals surface area contributed by atoms with Crippen LogP contribution in [0.25, 0.3) is 0 Å². The minimum atomic E-state index is -0.788. The molecule has 1 aliphatic heterocycles. The molecule has 1 aromatic carbocycles. The lowest BCUT2D eigenvalue weighted by molar-refractivity contribution is 0.103. The quantitative estimate of drug-likeness (QED) is 0.547. The molecule has 0 saturated carbocycles. The lowest BCUT2D eigenvalue weighted by Crippen LogP contribution is -2.36. The predicted molar refractivity (Wildman–Crippen MR) is 54.0 cm³/mol. The van der Waals surface area contributed by atoms with E-state index in [4.69, 9.17) is 9.94 Å². The van der Waals surface area contributed by atoms with Crippen molar-refractivity contribution in [2.45, 2.75) is 25.9 Å². The second kappa shape index (κ2) is 3.43. The fourth-order valence-electron chi connectivity index (χ4n) is 1.78. The number of hydrogen-bond acceptors (Lipinski definition) is 3. The number of halogens is 2. The highest BCUT2D eigenvalue weighted by Gasteiger charge is 2.33. The number of fused-ring (bicyclic) bond motifs is 1. The van der Waals surface area contributed by atoms with Crippen LogP contribution in [0.4, 0.5) is 8.78 Å². The van der Waals surface area contributed by atoms with Crippen molar-refractivity contribution >= 4 is 5.71 Å². The summed E-state index contributed by atoms with van der Waals surface area (Å²) in [6.45, 7) is 3.48. The van der Waals surface area contributed by atoms with E-state index in [2.05, 4.69) is 5.16 Å². The van der Waals surface area contributed by atoms with Crippen molar-refractivity contribution in [2.24, 2.45) is 5.16 Å². The highest BCUT2D eigenvalue weighted by Crippen LogP contribution is 2.35. The minimum Gasteiger partial charge on any atom is -0.484 e. The molecule has 0 saturated heterocycles. The maximum Gasteiger partial charge on any atom is 0.168 e. The van der Waals surface area contributed by atoms with E-state index in [9.17, 15) is 8.78 Å². The van der Waals surface area contributed by atoms with Gasteiger partial charge >= 0.3 is 0 Å². The summed E-state index contributed by atoms with van der Waals surface area (Å²) in [4.78, 5) is 0. The van der Waals surface area contributed by atoms with Gasteiger partial charge in [0.1, 0.15) is 11.4 Å². The van der Waals surface area contributed by atoms with Crippen molar-refractivity contribution in [3.63, 3.8) is 0 Å². The molecule has 0 atom stereocenters. The first-order valence-corrected chi connectivity index (χ1v) is 4.82. The standard InChI is InChI=1S/C11H11F2NO2/c1-11(2)5-9(14-15)7-3-6(12)4-8(13)10(7)16-11/h3-4,15H,5H2,1-2H3. The Morgan fingerprint density at radius 2 is 2.06 bits per heavy atom. The van der Waals surface area contributed by atoms with Crippen molar-refractivity contribution in [3.05, 3.63) is 29.3 Å². The normalized spacial score (nSPS) is 20.4. The molecule has 0 spiro atoms. The van der Waals surface area contributed by atoms with E-state index in [1.165, 1.54) is 0 Å². The molecule has 0 fully saturated rings. The Bertz CT molecular complexity index is 469. The summed E-state index contributed by atoms with van der Waals surface area (Å²) in [5.41, 5.74) is -0.281. The van der Waals surface area contributed by atoms with Crippen LogP contribution in [-0.2, 0) is 0 Å². The van der Waals surface area contributed by atoms with Gasteiger partial charge in [-0.1, -0.05) is 5.16 Å². The molecule has 3 nitrogen and oxygen atoms in total. The summed E-state index contributed by atoms with van der Waals surface area (Å²) in [6, 6.07) is 1.85. The van der Waals surface area contributed by atoms with Crippen LogP contribution in [0.1, 0.15) is 25.8 Å². The maximum atomic E-state index is 13.5. The minimum absolute atomic E-state index is 0.0644. The van der Waals surface area contributed by atoms with Crippen LogP contribution >= 0.6 is 0 Å². The molecule has 1 aliphatic rings. The van der Waals surface area contributed by atoms with Gasteiger partial charge in [0.15, 0.2) is 11.6 Å². The van der Waals surface area contributed by atoms with Gasteiger partial charge in [0.25, 0.3) is 0 Å². The van der Waals surface area contributed by atoms with Crippen molar-refractivity contribution in [3.8, 4) is 5.75 Å². The largest absolute Gasteiger partial charge is 0.484 e. The topological polar surface area (TPSA) is 41.8 Å². The summed E-state index contributed by atoms with van der Waals surface area (Å²) in [6.07, 6.45) is 0.291. The molecule has 86 valence electrons. The zero-order valence-corrected chi connectivity index (χ0v) is 8.92. The average Bonchev–Trinajstić information content (AvgIpc) is 2.18. The third-order valence-electron chi connectivity index (χ3n) is 2.41. The molecular formula is C11H11F2NO2. The second-order valence-corrected chi connectivity index (χ2v) is 4.35. The molecule has 1 aromatic rings. The van der Waals surface area contributed by atoms with Crippen LogP contribution in [0.2, 0.25) is 0 Å². The fourth-order valence-corrected chi connectivity index (χ4v) is 1.78.